The second-order valence-electron chi connectivity index (χ2n) is 7.69. The van der Waals surface area contributed by atoms with E-state index in [-0.39, 0.29) is 29.5 Å². The zero-order valence-electron chi connectivity index (χ0n) is 15.8. The van der Waals surface area contributed by atoms with Gasteiger partial charge in [0.15, 0.2) is 0 Å². The fourth-order valence-corrected chi connectivity index (χ4v) is 2.95. The highest BCUT2D eigenvalue weighted by Gasteiger charge is 2.08. The van der Waals surface area contributed by atoms with Crippen LogP contribution in [-0.2, 0) is 0 Å². The second kappa shape index (κ2) is 18.0. The van der Waals surface area contributed by atoms with Gasteiger partial charge in [0, 0.05) is 5.54 Å². The Hall–Kier alpha value is 0.690. The molecule has 0 aromatic rings. The molecule has 0 saturated heterocycles. The third-order valence-corrected chi connectivity index (χ3v) is 4.42. The molecule has 0 fully saturated rings. The van der Waals surface area contributed by atoms with Gasteiger partial charge < -0.3 is 5.73 Å². The molecule has 0 aliphatic rings. The zero-order chi connectivity index (χ0) is 15.8. The monoisotopic (exact) mass is 425 g/mol. The van der Waals surface area contributed by atoms with Gasteiger partial charge in [0.1, 0.15) is 0 Å². The van der Waals surface area contributed by atoms with Crippen molar-refractivity contribution in [2.75, 3.05) is 0 Å². The summed E-state index contributed by atoms with van der Waals surface area (Å²) in [5.41, 5.74) is 6.03. The van der Waals surface area contributed by atoms with E-state index < -0.39 is 0 Å². The molecule has 0 aliphatic carbocycles. The number of unbranched alkanes of at least 4 members (excludes halogenated alkanes) is 14. The Morgan fingerprint density at radius 1 is 0.545 bits per heavy atom. The largest absolute Gasteiger partial charge is 0.326 e. The van der Waals surface area contributed by atoms with E-state index in [1.165, 1.54) is 103 Å². The molecule has 0 aromatic heterocycles. The van der Waals surface area contributed by atoms with Gasteiger partial charge in [-0.2, -0.15) is 0 Å². The van der Waals surface area contributed by atoms with Crippen LogP contribution in [0.25, 0.3) is 0 Å². The van der Waals surface area contributed by atoms with Gasteiger partial charge >= 0.3 is 0 Å². The normalized spacial score (nSPS) is 11.5. The summed E-state index contributed by atoms with van der Waals surface area (Å²) in [7, 11) is 0. The number of hydrogen-bond acceptors (Lipinski definition) is 1. The van der Waals surface area contributed by atoms with Crippen LogP contribution >= 0.6 is 24.0 Å². The molecule has 136 valence electrons. The van der Waals surface area contributed by atoms with Crippen LogP contribution < -0.4 is 5.73 Å². The fourth-order valence-electron chi connectivity index (χ4n) is 2.95. The lowest BCUT2D eigenvalue weighted by Crippen LogP contribution is -2.31. The Bertz CT molecular complexity index is 198. The standard InChI is InChI=1S/C20H43N.HI/c1-4-5-6-7-8-9-10-11-12-13-14-15-16-17-18-19-20(2,3)21;/h4-19,21H2,1-3H3;1H. The highest BCUT2D eigenvalue weighted by atomic mass is 127. The zero-order valence-corrected chi connectivity index (χ0v) is 18.1. The Morgan fingerprint density at radius 2 is 0.818 bits per heavy atom. The fraction of sp³-hybridized carbons (Fsp3) is 1.00. The van der Waals surface area contributed by atoms with Gasteiger partial charge in [-0.1, -0.05) is 103 Å². The minimum absolute atomic E-state index is 0. The lowest BCUT2D eigenvalue weighted by Gasteiger charge is -2.17. The Morgan fingerprint density at radius 3 is 1.09 bits per heavy atom. The van der Waals surface area contributed by atoms with Crippen LogP contribution in [0.4, 0.5) is 0 Å². The van der Waals surface area contributed by atoms with Crippen molar-refractivity contribution >= 4 is 24.0 Å². The second-order valence-corrected chi connectivity index (χ2v) is 7.69. The topological polar surface area (TPSA) is 26.0 Å². The number of halogens is 1. The number of hydrogen-bond donors (Lipinski definition) is 1. The van der Waals surface area contributed by atoms with Gasteiger partial charge in [-0.05, 0) is 20.3 Å². The van der Waals surface area contributed by atoms with Crippen molar-refractivity contribution in [2.24, 2.45) is 5.73 Å². The molecule has 0 atom stereocenters. The Labute approximate surface area is 158 Å². The van der Waals surface area contributed by atoms with Crippen molar-refractivity contribution in [3.8, 4) is 0 Å². The highest BCUT2D eigenvalue weighted by molar-refractivity contribution is 14.0. The lowest BCUT2D eigenvalue weighted by molar-refractivity contribution is 0.440. The van der Waals surface area contributed by atoms with Crippen molar-refractivity contribution in [3.05, 3.63) is 0 Å². The quantitative estimate of drug-likeness (QED) is 0.200. The minimum Gasteiger partial charge on any atom is -0.326 e. The van der Waals surface area contributed by atoms with E-state index in [1.54, 1.807) is 0 Å². The third-order valence-electron chi connectivity index (χ3n) is 4.42. The van der Waals surface area contributed by atoms with E-state index >= 15 is 0 Å². The average molecular weight is 425 g/mol. The van der Waals surface area contributed by atoms with Gasteiger partial charge in [-0.3, -0.25) is 0 Å². The maximum Gasteiger partial charge on any atom is 0.00970 e. The number of nitrogens with two attached hydrogens (primary N) is 1. The lowest BCUT2D eigenvalue weighted by atomic mass is 9.97. The van der Waals surface area contributed by atoms with Gasteiger partial charge in [-0.15, -0.1) is 24.0 Å². The molecule has 0 saturated carbocycles. The van der Waals surface area contributed by atoms with E-state index in [4.69, 9.17) is 5.73 Å². The van der Waals surface area contributed by atoms with Crippen LogP contribution in [0.5, 0.6) is 0 Å². The molecule has 2 N–H and O–H groups in total. The molecule has 1 nitrogen and oxygen atoms in total. The average Bonchev–Trinajstić information content (AvgIpc) is 2.42. The van der Waals surface area contributed by atoms with Crippen LogP contribution in [0.2, 0.25) is 0 Å². The van der Waals surface area contributed by atoms with Crippen LogP contribution in [0, 0.1) is 0 Å². The van der Waals surface area contributed by atoms with Crippen LogP contribution in [0.15, 0.2) is 0 Å². The Kier molecular flexibility index (Phi) is 20.4. The van der Waals surface area contributed by atoms with Crippen LogP contribution in [0.1, 0.15) is 124 Å². The molecular weight excluding hydrogens is 381 g/mol. The molecule has 0 heterocycles. The molecule has 0 bridgehead atoms. The Balaban J connectivity index is 0. The summed E-state index contributed by atoms with van der Waals surface area (Å²) in [4.78, 5) is 0. The molecule has 22 heavy (non-hydrogen) atoms. The van der Waals surface area contributed by atoms with Crippen LogP contribution in [-0.4, -0.2) is 5.54 Å². The molecular formula is C20H44IN. The summed E-state index contributed by atoms with van der Waals surface area (Å²) in [6.45, 7) is 6.56. The molecule has 0 amide bonds. The predicted octanol–water partition coefficient (Wildman–Crippen LogP) is 7.60. The molecule has 0 unspecified atom stereocenters. The van der Waals surface area contributed by atoms with Crippen molar-refractivity contribution in [2.45, 2.75) is 129 Å². The summed E-state index contributed by atoms with van der Waals surface area (Å²) in [5.74, 6) is 0. The summed E-state index contributed by atoms with van der Waals surface area (Å²) < 4.78 is 0. The highest BCUT2D eigenvalue weighted by Crippen LogP contribution is 2.15. The summed E-state index contributed by atoms with van der Waals surface area (Å²) >= 11 is 0. The summed E-state index contributed by atoms with van der Waals surface area (Å²) in [5, 5.41) is 0. The molecule has 0 aliphatic heterocycles. The van der Waals surface area contributed by atoms with E-state index in [2.05, 4.69) is 20.8 Å². The molecule has 0 radical (unpaired) electrons. The van der Waals surface area contributed by atoms with E-state index in [1.807, 2.05) is 0 Å². The maximum absolute atomic E-state index is 5.99. The molecule has 0 spiro atoms. The molecule has 2 heteroatoms. The first kappa shape index (κ1) is 24.9. The minimum atomic E-state index is 0. The van der Waals surface area contributed by atoms with Crippen molar-refractivity contribution < 1.29 is 0 Å². The SMILES string of the molecule is CCCCCCCCCCCCCCCCCC(C)(C)N.I. The smallest absolute Gasteiger partial charge is 0.00970 e. The van der Waals surface area contributed by atoms with Gasteiger partial charge in [0.2, 0.25) is 0 Å². The summed E-state index contributed by atoms with van der Waals surface area (Å²) in [6.07, 6.45) is 22.7. The van der Waals surface area contributed by atoms with E-state index in [9.17, 15) is 0 Å². The van der Waals surface area contributed by atoms with Gasteiger partial charge in [0.25, 0.3) is 0 Å². The molecule has 0 rings (SSSR count). The van der Waals surface area contributed by atoms with E-state index in [0.29, 0.717) is 0 Å². The van der Waals surface area contributed by atoms with Crippen molar-refractivity contribution in [3.63, 3.8) is 0 Å². The van der Waals surface area contributed by atoms with Crippen LogP contribution in [0.3, 0.4) is 0 Å². The van der Waals surface area contributed by atoms with Gasteiger partial charge in [-0.25, -0.2) is 0 Å². The number of rotatable bonds is 16. The van der Waals surface area contributed by atoms with Crippen molar-refractivity contribution in [1.82, 2.24) is 0 Å². The maximum atomic E-state index is 5.99. The third kappa shape index (κ3) is 23.0. The molecule has 0 aromatic carbocycles. The first-order valence-corrected chi connectivity index (χ1v) is 9.85. The predicted molar refractivity (Wildman–Crippen MR) is 113 cm³/mol. The first-order valence-electron chi connectivity index (χ1n) is 9.85. The van der Waals surface area contributed by atoms with Crippen molar-refractivity contribution in [1.29, 1.82) is 0 Å². The first-order chi connectivity index (χ1) is 10.1. The van der Waals surface area contributed by atoms with Gasteiger partial charge in [0.05, 0.1) is 0 Å². The summed E-state index contributed by atoms with van der Waals surface area (Å²) in [6, 6.07) is 0. The van der Waals surface area contributed by atoms with E-state index in [0.717, 1.165) is 0 Å².